The SMILES string of the molecule is Cc1cc(C)c(-c2c(NC3CCCCCC3)c(=O)c2=O)cc1C. The van der Waals surface area contributed by atoms with Gasteiger partial charge in [-0.1, -0.05) is 37.8 Å². The molecule has 0 unspecified atom stereocenters. The predicted molar refractivity (Wildman–Crippen MR) is 96.1 cm³/mol. The highest BCUT2D eigenvalue weighted by Crippen LogP contribution is 2.31. The second-order valence-electron chi connectivity index (χ2n) is 6.99. The number of anilines is 1. The highest BCUT2D eigenvalue weighted by atomic mass is 16.2. The zero-order valence-electron chi connectivity index (χ0n) is 14.3. The molecule has 0 aromatic heterocycles. The second-order valence-corrected chi connectivity index (χ2v) is 6.99. The van der Waals surface area contributed by atoms with Crippen molar-refractivity contribution in [1.82, 2.24) is 0 Å². The van der Waals surface area contributed by atoms with Gasteiger partial charge in [-0.2, -0.15) is 0 Å². The topological polar surface area (TPSA) is 46.2 Å². The largest absolute Gasteiger partial charge is 0.378 e. The molecule has 3 rings (SSSR count). The third-order valence-corrected chi connectivity index (χ3v) is 5.22. The van der Waals surface area contributed by atoms with Crippen molar-refractivity contribution in [3.63, 3.8) is 0 Å². The first kappa shape index (κ1) is 16.0. The lowest BCUT2D eigenvalue weighted by Crippen LogP contribution is -2.38. The van der Waals surface area contributed by atoms with E-state index in [9.17, 15) is 9.59 Å². The molecule has 0 amide bonds. The molecule has 1 N–H and O–H groups in total. The van der Waals surface area contributed by atoms with Gasteiger partial charge in [0.2, 0.25) is 10.9 Å². The zero-order chi connectivity index (χ0) is 16.6. The van der Waals surface area contributed by atoms with Crippen LogP contribution in [0.1, 0.15) is 55.2 Å². The minimum atomic E-state index is -0.345. The Kier molecular flexibility index (Phi) is 4.38. The number of rotatable bonds is 3. The van der Waals surface area contributed by atoms with Crippen molar-refractivity contribution in [3.8, 4) is 11.1 Å². The van der Waals surface area contributed by atoms with Crippen molar-refractivity contribution < 1.29 is 0 Å². The summed E-state index contributed by atoms with van der Waals surface area (Å²) in [5.74, 6) is 0. The molecule has 0 bridgehead atoms. The summed E-state index contributed by atoms with van der Waals surface area (Å²) < 4.78 is 0. The van der Waals surface area contributed by atoms with E-state index in [1.54, 1.807) is 0 Å². The van der Waals surface area contributed by atoms with E-state index < -0.39 is 0 Å². The first-order valence-electron chi connectivity index (χ1n) is 8.67. The van der Waals surface area contributed by atoms with Crippen LogP contribution in [0.2, 0.25) is 0 Å². The van der Waals surface area contributed by atoms with E-state index in [2.05, 4.69) is 18.3 Å². The van der Waals surface area contributed by atoms with Gasteiger partial charge in [-0.25, -0.2) is 0 Å². The van der Waals surface area contributed by atoms with Crippen molar-refractivity contribution >= 4 is 5.69 Å². The molecule has 23 heavy (non-hydrogen) atoms. The Hall–Kier alpha value is -1.90. The molecular weight excluding hydrogens is 286 g/mol. The molecule has 0 heterocycles. The molecule has 3 nitrogen and oxygen atoms in total. The standard InChI is InChI=1S/C20H25NO2/c1-12-10-14(3)16(11-13(12)2)17-18(20(23)19(17)22)21-15-8-6-4-5-7-9-15/h10-11,15,21H,4-9H2,1-3H3. The molecule has 122 valence electrons. The van der Waals surface area contributed by atoms with E-state index in [1.807, 2.05) is 19.9 Å². The molecular formula is C20H25NO2. The van der Waals surface area contributed by atoms with Crippen LogP contribution in [0.4, 0.5) is 5.69 Å². The summed E-state index contributed by atoms with van der Waals surface area (Å²) in [5.41, 5.74) is 4.79. The number of nitrogens with one attached hydrogen (secondary N) is 1. The molecule has 1 aliphatic rings. The van der Waals surface area contributed by atoms with Crippen LogP contribution in [0, 0.1) is 20.8 Å². The van der Waals surface area contributed by atoms with Crippen molar-refractivity contribution in [2.75, 3.05) is 5.32 Å². The van der Waals surface area contributed by atoms with Gasteiger partial charge < -0.3 is 5.32 Å². The molecule has 1 fully saturated rings. The first-order valence-corrected chi connectivity index (χ1v) is 8.67. The molecule has 0 saturated heterocycles. The highest BCUT2D eigenvalue weighted by Gasteiger charge is 2.26. The maximum absolute atomic E-state index is 12.2. The smallest absolute Gasteiger partial charge is 0.250 e. The van der Waals surface area contributed by atoms with Gasteiger partial charge in [0, 0.05) is 6.04 Å². The average molecular weight is 311 g/mol. The lowest BCUT2D eigenvalue weighted by Gasteiger charge is -2.22. The monoisotopic (exact) mass is 311 g/mol. The fourth-order valence-electron chi connectivity index (χ4n) is 3.64. The second kappa shape index (κ2) is 6.31. The van der Waals surface area contributed by atoms with E-state index in [-0.39, 0.29) is 10.9 Å². The van der Waals surface area contributed by atoms with E-state index in [4.69, 9.17) is 0 Å². The summed E-state index contributed by atoms with van der Waals surface area (Å²) in [6.07, 6.45) is 7.12. The molecule has 0 radical (unpaired) electrons. The highest BCUT2D eigenvalue weighted by molar-refractivity contribution is 5.84. The Labute approximate surface area is 137 Å². The van der Waals surface area contributed by atoms with E-state index in [0.29, 0.717) is 17.3 Å². The van der Waals surface area contributed by atoms with Crippen LogP contribution in [0.25, 0.3) is 11.1 Å². The summed E-state index contributed by atoms with van der Waals surface area (Å²) in [5, 5.41) is 3.39. The number of hydrogen-bond donors (Lipinski definition) is 1. The van der Waals surface area contributed by atoms with E-state index in [0.717, 1.165) is 29.5 Å². The minimum Gasteiger partial charge on any atom is -0.378 e. The van der Waals surface area contributed by atoms with Gasteiger partial charge in [-0.3, -0.25) is 9.59 Å². The van der Waals surface area contributed by atoms with Gasteiger partial charge in [0.25, 0.3) is 0 Å². The van der Waals surface area contributed by atoms with Crippen molar-refractivity contribution in [2.24, 2.45) is 0 Å². The summed E-state index contributed by atoms with van der Waals surface area (Å²) in [6, 6.07) is 4.46. The van der Waals surface area contributed by atoms with Gasteiger partial charge in [0.15, 0.2) is 0 Å². The van der Waals surface area contributed by atoms with Crippen LogP contribution in [0.3, 0.4) is 0 Å². The van der Waals surface area contributed by atoms with Crippen LogP contribution < -0.4 is 16.2 Å². The Morgan fingerprint density at radius 3 is 2.09 bits per heavy atom. The Balaban J connectivity index is 1.96. The van der Waals surface area contributed by atoms with Gasteiger partial charge in [-0.15, -0.1) is 0 Å². The summed E-state index contributed by atoms with van der Waals surface area (Å²) in [6.45, 7) is 6.12. The minimum absolute atomic E-state index is 0.325. The van der Waals surface area contributed by atoms with Gasteiger partial charge >= 0.3 is 0 Å². The molecule has 0 aliphatic heterocycles. The third kappa shape index (κ3) is 2.97. The summed E-state index contributed by atoms with van der Waals surface area (Å²) in [4.78, 5) is 24.3. The number of benzene rings is 1. The van der Waals surface area contributed by atoms with E-state index >= 15 is 0 Å². The van der Waals surface area contributed by atoms with Crippen LogP contribution >= 0.6 is 0 Å². The van der Waals surface area contributed by atoms with Crippen molar-refractivity contribution in [2.45, 2.75) is 65.3 Å². The molecule has 3 heteroatoms. The van der Waals surface area contributed by atoms with Gasteiger partial charge in [0.05, 0.1) is 11.3 Å². The number of hydrogen-bond acceptors (Lipinski definition) is 3. The Morgan fingerprint density at radius 2 is 1.43 bits per heavy atom. The maximum Gasteiger partial charge on any atom is 0.250 e. The first-order chi connectivity index (χ1) is 11.0. The molecule has 0 spiro atoms. The van der Waals surface area contributed by atoms with Crippen LogP contribution in [0.15, 0.2) is 21.7 Å². The van der Waals surface area contributed by atoms with Crippen molar-refractivity contribution in [3.05, 3.63) is 49.3 Å². The molecule has 0 atom stereocenters. The molecule has 2 aromatic rings. The van der Waals surface area contributed by atoms with Crippen molar-refractivity contribution in [1.29, 1.82) is 0 Å². The normalized spacial score (nSPS) is 16.5. The fraction of sp³-hybridized carbons (Fsp3) is 0.500. The Morgan fingerprint density at radius 1 is 0.826 bits per heavy atom. The summed E-state index contributed by atoms with van der Waals surface area (Å²) in [7, 11) is 0. The van der Waals surface area contributed by atoms with E-state index in [1.165, 1.54) is 31.2 Å². The number of aryl methyl sites for hydroxylation is 3. The fourth-order valence-corrected chi connectivity index (χ4v) is 3.64. The van der Waals surface area contributed by atoms with Crippen LogP contribution in [-0.2, 0) is 0 Å². The van der Waals surface area contributed by atoms with Crippen LogP contribution in [0.5, 0.6) is 0 Å². The molecule has 1 aliphatic carbocycles. The lowest BCUT2D eigenvalue weighted by molar-refractivity contribution is 0.619. The summed E-state index contributed by atoms with van der Waals surface area (Å²) >= 11 is 0. The van der Waals surface area contributed by atoms with Gasteiger partial charge in [-0.05, 0) is 55.9 Å². The zero-order valence-corrected chi connectivity index (χ0v) is 14.3. The maximum atomic E-state index is 12.2. The molecule has 1 saturated carbocycles. The predicted octanol–water partition coefficient (Wildman–Crippen LogP) is 4.01. The Bertz CT molecular complexity index is 789. The average Bonchev–Trinajstić information content (AvgIpc) is 2.80. The lowest BCUT2D eigenvalue weighted by atomic mass is 9.91. The molecule has 2 aromatic carbocycles. The quantitative estimate of drug-likeness (QED) is 0.688. The third-order valence-electron chi connectivity index (χ3n) is 5.22. The van der Waals surface area contributed by atoms with Crippen LogP contribution in [-0.4, -0.2) is 6.04 Å². The van der Waals surface area contributed by atoms with Gasteiger partial charge in [0.1, 0.15) is 0 Å².